The molecule has 0 amide bonds. The molecule has 1 aromatic heterocycles. The van der Waals surface area contributed by atoms with Crippen molar-refractivity contribution in [2.75, 3.05) is 7.11 Å². The van der Waals surface area contributed by atoms with Gasteiger partial charge in [0, 0.05) is 11.1 Å². The Morgan fingerprint density at radius 2 is 1.93 bits per heavy atom. The van der Waals surface area contributed by atoms with Crippen molar-refractivity contribution in [1.82, 2.24) is 9.78 Å². The summed E-state index contributed by atoms with van der Waals surface area (Å²) in [6.45, 7) is 1.82. The number of aromatic nitrogens is 2. The lowest BCUT2D eigenvalue weighted by atomic mass is 10.2. The summed E-state index contributed by atoms with van der Waals surface area (Å²) in [6.07, 6.45) is 1.60. The number of methoxy groups -OCH3 is 1. The highest BCUT2D eigenvalue weighted by Gasteiger charge is 2.26. The predicted octanol–water partition coefficient (Wildman–Crippen LogP) is 4.19. The van der Waals surface area contributed by atoms with Crippen LogP contribution < -0.4 is 4.74 Å². The quantitative estimate of drug-likeness (QED) is 0.492. The van der Waals surface area contributed by atoms with E-state index in [2.05, 4.69) is 10.1 Å². The molecule has 0 spiro atoms. The molecule has 0 saturated heterocycles. The van der Waals surface area contributed by atoms with Crippen molar-refractivity contribution in [3.05, 3.63) is 82.3 Å². The minimum absolute atomic E-state index is 0.162. The van der Waals surface area contributed by atoms with Crippen LogP contribution in [0.3, 0.4) is 0 Å². The Morgan fingerprint density at radius 3 is 2.68 bits per heavy atom. The molecule has 0 bridgehead atoms. The van der Waals surface area contributed by atoms with Gasteiger partial charge in [0.25, 0.3) is 0 Å². The Hall–Kier alpha value is -3.38. The summed E-state index contributed by atoms with van der Waals surface area (Å²) >= 11 is 6.52. The Morgan fingerprint density at radius 1 is 1.14 bits per heavy atom. The van der Waals surface area contributed by atoms with E-state index >= 15 is 0 Å². The van der Waals surface area contributed by atoms with E-state index in [1.807, 2.05) is 37.3 Å². The minimum Gasteiger partial charge on any atom is -0.497 e. The maximum absolute atomic E-state index is 12.3. The zero-order chi connectivity index (χ0) is 19.7. The monoisotopic (exact) mass is 393 g/mol. The molecule has 1 aliphatic heterocycles. The van der Waals surface area contributed by atoms with Crippen LogP contribution in [0.4, 0.5) is 0 Å². The normalized spacial score (nSPS) is 14.9. The van der Waals surface area contributed by atoms with Gasteiger partial charge in [0.1, 0.15) is 10.9 Å². The third-order valence-electron chi connectivity index (χ3n) is 4.27. The molecule has 0 atom stereocenters. The van der Waals surface area contributed by atoms with Crippen LogP contribution in [0, 0.1) is 6.92 Å². The van der Waals surface area contributed by atoms with E-state index in [4.69, 9.17) is 21.1 Å². The van der Waals surface area contributed by atoms with Crippen LogP contribution in [0.25, 0.3) is 11.8 Å². The van der Waals surface area contributed by atoms with Crippen LogP contribution in [-0.4, -0.2) is 28.8 Å². The lowest BCUT2D eigenvalue weighted by molar-refractivity contribution is -0.129. The summed E-state index contributed by atoms with van der Waals surface area (Å²) < 4.78 is 12.1. The number of aliphatic imine (C=N–C) groups is 1. The molecule has 0 N–H and O–H groups in total. The molecule has 2 aromatic carbocycles. The second kappa shape index (κ2) is 7.32. The van der Waals surface area contributed by atoms with Crippen molar-refractivity contribution in [2.45, 2.75) is 6.92 Å². The molecule has 2 heterocycles. The van der Waals surface area contributed by atoms with Crippen molar-refractivity contribution in [3.63, 3.8) is 0 Å². The molecule has 0 radical (unpaired) electrons. The number of hydrogen-bond acceptors (Lipinski definition) is 5. The molecule has 4 rings (SSSR count). The van der Waals surface area contributed by atoms with Crippen molar-refractivity contribution in [1.29, 1.82) is 0 Å². The molecule has 0 fully saturated rings. The zero-order valence-electron chi connectivity index (χ0n) is 15.2. The number of halogens is 1. The molecule has 1 aliphatic rings. The van der Waals surface area contributed by atoms with Crippen molar-refractivity contribution in [3.8, 4) is 11.4 Å². The SMILES string of the molecule is COc1cccc(C2=N/C(=C/c3c(C)nn(-c4ccccc4)c3Cl)C(=O)O2)c1. The highest BCUT2D eigenvalue weighted by molar-refractivity contribution is 6.31. The lowest BCUT2D eigenvalue weighted by Crippen LogP contribution is -2.05. The minimum atomic E-state index is -0.541. The first-order valence-electron chi connectivity index (χ1n) is 8.54. The fourth-order valence-electron chi connectivity index (χ4n) is 2.84. The fourth-order valence-corrected chi connectivity index (χ4v) is 3.17. The van der Waals surface area contributed by atoms with Gasteiger partial charge in [0.2, 0.25) is 5.90 Å². The van der Waals surface area contributed by atoms with Gasteiger partial charge in [-0.1, -0.05) is 35.9 Å². The van der Waals surface area contributed by atoms with Gasteiger partial charge < -0.3 is 9.47 Å². The van der Waals surface area contributed by atoms with Crippen molar-refractivity contribution in [2.24, 2.45) is 4.99 Å². The number of carbonyl (C=O) groups is 1. The van der Waals surface area contributed by atoms with Gasteiger partial charge in [-0.25, -0.2) is 14.5 Å². The fraction of sp³-hybridized carbons (Fsp3) is 0.0952. The Bertz CT molecular complexity index is 1120. The molecule has 0 aliphatic carbocycles. The first kappa shape index (κ1) is 18.0. The summed E-state index contributed by atoms with van der Waals surface area (Å²) in [5, 5.41) is 4.87. The number of aryl methyl sites for hydroxylation is 1. The van der Waals surface area contributed by atoms with Crippen LogP contribution >= 0.6 is 11.6 Å². The van der Waals surface area contributed by atoms with E-state index in [-0.39, 0.29) is 11.6 Å². The van der Waals surface area contributed by atoms with Crippen molar-refractivity contribution >= 4 is 29.5 Å². The lowest BCUT2D eigenvalue weighted by Gasteiger charge is -2.02. The second-order valence-corrected chi connectivity index (χ2v) is 6.46. The van der Waals surface area contributed by atoms with Gasteiger partial charge >= 0.3 is 5.97 Å². The third-order valence-corrected chi connectivity index (χ3v) is 4.63. The molecule has 3 aromatic rings. The number of nitrogens with zero attached hydrogens (tertiary/aromatic N) is 3. The van der Waals surface area contributed by atoms with Crippen LogP contribution in [0.2, 0.25) is 5.15 Å². The average Bonchev–Trinajstić information content (AvgIpc) is 3.23. The number of cyclic esters (lactones) is 1. The standard InChI is InChI=1S/C21H16ClN3O3/c1-13-17(19(22)25(24-13)15-8-4-3-5-9-15)12-18-21(26)28-20(23-18)14-7-6-10-16(11-14)27-2/h3-12H,1-2H3/b18-12+. The molecular formula is C21H16ClN3O3. The van der Waals surface area contributed by atoms with Gasteiger partial charge in [-0.15, -0.1) is 0 Å². The highest BCUT2D eigenvalue weighted by atomic mass is 35.5. The first-order valence-corrected chi connectivity index (χ1v) is 8.92. The van der Waals surface area contributed by atoms with E-state index in [0.29, 0.717) is 27.7 Å². The van der Waals surface area contributed by atoms with E-state index in [1.54, 1.807) is 42.1 Å². The van der Waals surface area contributed by atoms with E-state index < -0.39 is 5.97 Å². The first-order chi connectivity index (χ1) is 13.6. The number of rotatable bonds is 4. The number of ether oxygens (including phenoxy) is 2. The second-order valence-electron chi connectivity index (χ2n) is 6.11. The topological polar surface area (TPSA) is 65.7 Å². The smallest absolute Gasteiger partial charge is 0.363 e. The largest absolute Gasteiger partial charge is 0.497 e. The Labute approximate surface area is 166 Å². The summed E-state index contributed by atoms with van der Waals surface area (Å²) in [6, 6.07) is 16.7. The maximum atomic E-state index is 12.3. The molecule has 6 nitrogen and oxygen atoms in total. The van der Waals surface area contributed by atoms with E-state index in [0.717, 1.165) is 5.69 Å². The summed E-state index contributed by atoms with van der Waals surface area (Å²) in [4.78, 5) is 16.6. The van der Waals surface area contributed by atoms with E-state index in [1.165, 1.54) is 0 Å². The average molecular weight is 394 g/mol. The zero-order valence-corrected chi connectivity index (χ0v) is 16.0. The number of para-hydroxylation sites is 1. The number of carbonyl (C=O) groups excluding carboxylic acids is 1. The molecule has 0 saturated carbocycles. The maximum Gasteiger partial charge on any atom is 0.363 e. The predicted molar refractivity (Wildman–Crippen MR) is 107 cm³/mol. The summed E-state index contributed by atoms with van der Waals surface area (Å²) in [5.74, 6) is 0.330. The van der Waals surface area contributed by atoms with E-state index in [9.17, 15) is 4.79 Å². The molecular weight excluding hydrogens is 378 g/mol. The molecule has 0 unspecified atom stereocenters. The Balaban J connectivity index is 1.72. The van der Waals surface area contributed by atoms with Crippen molar-refractivity contribution < 1.29 is 14.3 Å². The molecule has 28 heavy (non-hydrogen) atoms. The van der Waals surface area contributed by atoms with Crippen LogP contribution in [-0.2, 0) is 9.53 Å². The number of esters is 1. The number of benzene rings is 2. The Kier molecular flexibility index (Phi) is 4.71. The summed E-state index contributed by atoms with van der Waals surface area (Å²) in [5.41, 5.74) is 2.94. The molecule has 140 valence electrons. The number of hydrogen-bond donors (Lipinski definition) is 0. The van der Waals surface area contributed by atoms with Gasteiger partial charge in [0.15, 0.2) is 5.70 Å². The van der Waals surface area contributed by atoms with Crippen LogP contribution in [0.5, 0.6) is 5.75 Å². The highest BCUT2D eigenvalue weighted by Crippen LogP contribution is 2.28. The molecule has 7 heteroatoms. The van der Waals surface area contributed by atoms with Gasteiger partial charge in [-0.2, -0.15) is 5.10 Å². The van der Waals surface area contributed by atoms with Crippen LogP contribution in [0.15, 0.2) is 65.3 Å². The third kappa shape index (κ3) is 3.30. The van der Waals surface area contributed by atoms with Gasteiger partial charge in [-0.05, 0) is 43.3 Å². The summed E-state index contributed by atoms with van der Waals surface area (Å²) in [7, 11) is 1.57. The van der Waals surface area contributed by atoms with Gasteiger partial charge in [0.05, 0.1) is 18.5 Å². The van der Waals surface area contributed by atoms with Crippen LogP contribution in [0.1, 0.15) is 16.8 Å². The van der Waals surface area contributed by atoms with Gasteiger partial charge in [-0.3, -0.25) is 0 Å².